The van der Waals surface area contributed by atoms with E-state index in [9.17, 15) is 13.2 Å². The van der Waals surface area contributed by atoms with Gasteiger partial charge in [-0.15, -0.1) is 11.3 Å². The predicted molar refractivity (Wildman–Crippen MR) is 68.6 cm³/mol. The summed E-state index contributed by atoms with van der Waals surface area (Å²) in [4.78, 5) is 14.7. The lowest BCUT2D eigenvalue weighted by atomic mass is 10.2. The first kappa shape index (κ1) is 13.5. The van der Waals surface area contributed by atoms with Crippen molar-refractivity contribution in [2.45, 2.75) is 37.4 Å². The summed E-state index contributed by atoms with van der Waals surface area (Å²) in [5.41, 5.74) is 0.743. The van der Waals surface area contributed by atoms with E-state index in [2.05, 4.69) is 4.98 Å². The van der Waals surface area contributed by atoms with Gasteiger partial charge in [0.15, 0.2) is 9.84 Å². The summed E-state index contributed by atoms with van der Waals surface area (Å²) in [5.74, 6) is -0.558. The van der Waals surface area contributed by atoms with E-state index in [1.54, 1.807) is 0 Å². The predicted octanol–water partition coefficient (Wildman–Crippen LogP) is 1.28. The number of aliphatic carboxylic acids is 1. The second-order valence-corrected chi connectivity index (χ2v) is 7.80. The van der Waals surface area contributed by atoms with E-state index in [-0.39, 0.29) is 17.4 Å². The van der Waals surface area contributed by atoms with Gasteiger partial charge in [0.25, 0.3) is 0 Å². The molecule has 0 aliphatic carbocycles. The molecule has 1 N–H and O–H groups in total. The molecule has 1 saturated heterocycles. The Labute approximate surface area is 110 Å². The molecular formula is C11H15NO4S2. The molecule has 1 aromatic heterocycles. The van der Waals surface area contributed by atoms with E-state index in [1.165, 1.54) is 11.3 Å². The van der Waals surface area contributed by atoms with Crippen molar-refractivity contribution in [3.05, 3.63) is 16.1 Å². The highest BCUT2D eigenvalue weighted by molar-refractivity contribution is 7.92. The largest absolute Gasteiger partial charge is 0.481 e. The molecule has 0 saturated carbocycles. The molecule has 0 aromatic carbocycles. The molecule has 100 valence electrons. The van der Waals surface area contributed by atoms with Crippen molar-refractivity contribution in [3.63, 3.8) is 0 Å². The van der Waals surface area contributed by atoms with Gasteiger partial charge in [0, 0.05) is 18.2 Å². The SMILES string of the molecule is O=C(O)CCc1csc(CC2CCCS2(=O)=O)n1. The Morgan fingerprint density at radius 3 is 2.94 bits per heavy atom. The molecule has 18 heavy (non-hydrogen) atoms. The first-order valence-corrected chi connectivity index (χ1v) is 8.43. The first-order valence-electron chi connectivity index (χ1n) is 5.84. The van der Waals surface area contributed by atoms with Crippen LogP contribution in [0.3, 0.4) is 0 Å². The van der Waals surface area contributed by atoms with Gasteiger partial charge < -0.3 is 5.11 Å². The molecule has 1 atom stereocenters. The third-order valence-corrected chi connectivity index (χ3v) is 6.26. The summed E-state index contributed by atoms with van der Waals surface area (Å²) in [6, 6.07) is 0. The van der Waals surface area contributed by atoms with Gasteiger partial charge in [-0.05, 0) is 12.8 Å². The van der Waals surface area contributed by atoms with Crippen molar-refractivity contribution in [1.29, 1.82) is 0 Å². The Hall–Kier alpha value is -0.950. The van der Waals surface area contributed by atoms with E-state index >= 15 is 0 Å². The van der Waals surface area contributed by atoms with Crippen LogP contribution in [-0.4, -0.2) is 35.5 Å². The van der Waals surface area contributed by atoms with Crippen LogP contribution in [0.15, 0.2) is 5.38 Å². The standard InChI is InChI=1S/C11H15NO4S2/c13-11(14)4-3-8-7-17-10(12-8)6-9-2-1-5-18(9,15)16/h7,9H,1-6H2,(H,13,14). The van der Waals surface area contributed by atoms with Crippen molar-refractivity contribution in [2.75, 3.05) is 5.75 Å². The molecule has 7 heteroatoms. The lowest BCUT2D eigenvalue weighted by molar-refractivity contribution is -0.136. The van der Waals surface area contributed by atoms with Crippen molar-refractivity contribution < 1.29 is 18.3 Å². The Morgan fingerprint density at radius 2 is 2.33 bits per heavy atom. The summed E-state index contributed by atoms with van der Waals surface area (Å²) >= 11 is 1.42. The monoisotopic (exact) mass is 289 g/mol. The van der Waals surface area contributed by atoms with Gasteiger partial charge in [-0.2, -0.15) is 0 Å². The maximum absolute atomic E-state index is 11.7. The quantitative estimate of drug-likeness (QED) is 0.882. The van der Waals surface area contributed by atoms with Crippen LogP contribution in [0.4, 0.5) is 0 Å². The van der Waals surface area contributed by atoms with E-state index in [0.717, 1.165) is 17.1 Å². The molecule has 1 unspecified atom stereocenters. The van der Waals surface area contributed by atoms with Gasteiger partial charge in [0.1, 0.15) is 0 Å². The van der Waals surface area contributed by atoms with E-state index in [4.69, 9.17) is 5.11 Å². The normalized spacial score (nSPS) is 22.1. The smallest absolute Gasteiger partial charge is 0.303 e. The highest BCUT2D eigenvalue weighted by Crippen LogP contribution is 2.25. The van der Waals surface area contributed by atoms with Crippen LogP contribution in [0.2, 0.25) is 0 Å². The fraction of sp³-hybridized carbons (Fsp3) is 0.636. The number of aryl methyl sites for hydroxylation is 1. The molecule has 5 nitrogen and oxygen atoms in total. The summed E-state index contributed by atoms with van der Waals surface area (Å²) in [6.07, 6.45) is 2.39. The van der Waals surface area contributed by atoms with Gasteiger partial charge in [-0.25, -0.2) is 13.4 Å². The highest BCUT2D eigenvalue weighted by Gasteiger charge is 2.31. The number of aromatic nitrogens is 1. The number of thiazole rings is 1. The third-order valence-electron chi connectivity index (χ3n) is 3.06. The van der Waals surface area contributed by atoms with Crippen molar-refractivity contribution >= 4 is 27.1 Å². The molecule has 0 bridgehead atoms. The summed E-state index contributed by atoms with van der Waals surface area (Å²) in [5, 5.41) is 10.9. The van der Waals surface area contributed by atoms with Gasteiger partial charge in [0.05, 0.1) is 28.1 Å². The number of carboxylic acid groups (broad SMARTS) is 1. The number of carbonyl (C=O) groups is 1. The maximum atomic E-state index is 11.7. The van der Waals surface area contributed by atoms with Crippen LogP contribution < -0.4 is 0 Å². The summed E-state index contributed by atoms with van der Waals surface area (Å²) in [7, 11) is -2.93. The Balaban J connectivity index is 1.96. The van der Waals surface area contributed by atoms with Crippen LogP contribution in [0, 0.1) is 0 Å². The van der Waals surface area contributed by atoms with E-state index < -0.39 is 15.8 Å². The maximum Gasteiger partial charge on any atom is 0.303 e. The molecule has 0 radical (unpaired) electrons. The Kier molecular flexibility index (Phi) is 4.01. The lowest BCUT2D eigenvalue weighted by Gasteiger charge is -2.05. The van der Waals surface area contributed by atoms with E-state index in [0.29, 0.717) is 19.3 Å². The topological polar surface area (TPSA) is 84.3 Å². The number of rotatable bonds is 5. The summed E-state index contributed by atoms with van der Waals surface area (Å²) in [6.45, 7) is 0. The van der Waals surface area contributed by atoms with Gasteiger partial charge in [-0.1, -0.05) is 0 Å². The Bertz CT molecular complexity index is 535. The minimum Gasteiger partial charge on any atom is -0.481 e. The highest BCUT2D eigenvalue weighted by atomic mass is 32.2. The van der Waals surface area contributed by atoms with Crippen molar-refractivity contribution in [3.8, 4) is 0 Å². The molecule has 0 amide bonds. The number of nitrogens with zero attached hydrogens (tertiary/aromatic N) is 1. The fourth-order valence-electron chi connectivity index (χ4n) is 2.07. The van der Waals surface area contributed by atoms with Crippen LogP contribution in [0.1, 0.15) is 30.0 Å². The molecule has 0 spiro atoms. The average Bonchev–Trinajstić information content (AvgIpc) is 2.84. The van der Waals surface area contributed by atoms with Crippen LogP contribution >= 0.6 is 11.3 Å². The van der Waals surface area contributed by atoms with Crippen LogP contribution in [0.5, 0.6) is 0 Å². The number of hydrogen-bond donors (Lipinski definition) is 1. The molecule has 1 aromatic rings. The molecule has 1 fully saturated rings. The average molecular weight is 289 g/mol. The second kappa shape index (κ2) is 5.36. The fourth-order valence-corrected chi connectivity index (χ4v) is 4.93. The van der Waals surface area contributed by atoms with Crippen LogP contribution in [-0.2, 0) is 27.5 Å². The lowest BCUT2D eigenvalue weighted by Crippen LogP contribution is -2.18. The zero-order valence-corrected chi connectivity index (χ0v) is 11.5. The van der Waals surface area contributed by atoms with Crippen molar-refractivity contribution in [2.24, 2.45) is 0 Å². The van der Waals surface area contributed by atoms with Gasteiger partial charge >= 0.3 is 5.97 Å². The van der Waals surface area contributed by atoms with Gasteiger partial charge in [0.2, 0.25) is 0 Å². The number of sulfone groups is 1. The minimum absolute atomic E-state index is 0.0604. The zero-order chi connectivity index (χ0) is 13.2. The van der Waals surface area contributed by atoms with Crippen LogP contribution in [0.25, 0.3) is 0 Å². The zero-order valence-electron chi connectivity index (χ0n) is 9.83. The summed E-state index contributed by atoms with van der Waals surface area (Å²) < 4.78 is 23.4. The third kappa shape index (κ3) is 3.29. The number of hydrogen-bond acceptors (Lipinski definition) is 5. The second-order valence-electron chi connectivity index (χ2n) is 4.46. The van der Waals surface area contributed by atoms with Crippen molar-refractivity contribution in [1.82, 2.24) is 4.98 Å². The first-order chi connectivity index (χ1) is 8.47. The number of carboxylic acids is 1. The minimum atomic E-state index is -2.93. The molecule has 2 rings (SSSR count). The Morgan fingerprint density at radius 1 is 1.56 bits per heavy atom. The molecule has 1 aliphatic rings. The van der Waals surface area contributed by atoms with E-state index in [1.807, 2.05) is 5.38 Å². The molecule has 1 aliphatic heterocycles. The molecule has 2 heterocycles. The molecular weight excluding hydrogens is 274 g/mol. The van der Waals surface area contributed by atoms with Gasteiger partial charge in [-0.3, -0.25) is 4.79 Å².